The van der Waals surface area contributed by atoms with E-state index in [9.17, 15) is 13.2 Å². The van der Waals surface area contributed by atoms with Gasteiger partial charge >= 0.3 is 10.1 Å². The summed E-state index contributed by atoms with van der Waals surface area (Å²) in [6.45, 7) is 4.28. The molecule has 2 rings (SSSR count). The Hall–Kier alpha value is -2.05. The van der Waals surface area contributed by atoms with Gasteiger partial charge < -0.3 is 9.08 Å². The molecule has 140 valence electrons. The Morgan fingerprint density at radius 1 is 1.19 bits per heavy atom. The van der Waals surface area contributed by atoms with E-state index >= 15 is 0 Å². The first-order valence-corrected chi connectivity index (χ1v) is 10.4. The first-order valence-electron chi connectivity index (χ1n) is 8.25. The number of carbonyl (C=O) groups is 1. The molecule has 0 saturated carbocycles. The molecular weight excluding hydrogens is 374 g/mol. The van der Waals surface area contributed by atoms with Crippen LogP contribution in [0.5, 0.6) is 5.75 Å². The van der Waals surface area contributed by atoms with Crippen LogP contribution in [0.2, 0.25) is 5.02 Å². The van der Waals surface area contributed by atoms with Crippen molar-refractivity contribution >= 4 is 27.6 Å². The number of halogens is 1. The van der Waals surface area contributed by atoms with Gasteiger partial charge in [0.1, 0.15) is 5.75 Å². The summed E-state index contributed by atoms with van der Waals surface area (Å²) in [7, 11) is -3.61. The quantitative estimate of drug-likeness (QED) is 0.661. The first-order chi connectivity index (χ1) is 12.2. The molecule has 0 aliphatic carbocycles. The lowest BCUT2D eigenvalue weighted by Crippen LogP contribution is -2.38. The molecule has 0 fully saturated rings. The van der Waals surface area contributed by atoms with Crippen LogP contribution in [0, 0.1) is 0 Å². The topological polar surface area (TPSA) is 63.7 Å². The molecule has 0 spiro atoms. The molecule has 0 saturated heterocycles. The van der Waals surface area contributed by atoms with E-state index in [1.54, 1.807) is 47.4 Å². The van der Waals surface area contributed by atoms with Gasteiger partial charge in [-0.3, -0.25) is 4.79 Å². The summed E-state index contributed by atoms with van der Waals surface area (Å²) >= 11 is 6.18. The van der Waals surface area contributed by atoms with Crippen molar-refractivity contribution in [1.82, 2.24) is 4.90 Å². The average molecular weight is 396 g/mol. The molecule has 0 bridgehead atoms. The zero-order valence-electron chi connectivity index (χ0n) is 15.0. The van der Waals surface area contributed by atoms with Gasteiger partial charge in [0.25, 0.3) is 5.91 Å². The second-order valence-electron chi connectivity index (χ2n) is 6.11. The molecule has 7 heteroatoms. The highest BCUT2D eigenvalue weighted by molar-refractivity contribution is 7.86. The molecule has 0 heterocycles. The smallest absolute Gasteiger partial charge is 0.306 e. The van der Waals surface area contributed by atoms with Crippen molar-refractivity contribution in [2.24, 2.45) is 0 Å². The Kier molecular flexibility index (Phi) is 6.67. The van der Waals surface area contributed by atoms with Crippen LogP contribution in [0.4, 0.5) is 0 Å². The fourth-order valence-electron chi connectivity index (χ4n) is 2.50. The Balaban J connectivity index is 2.30. The van der Waals surface area contributed by atoms with Gasteiger partial charge in [0.15, 0.2) is 0 Å². The van der Waals surface area contributed by atoms with Crippen LogP contribution in [-0.2, 0) is 16.7 Å². The highest BCUT2D eigenvalue weighted by Crippen LogP contribution is 2.22. The third-order valence-corrected chi connectivity index (χ3v) is 4.81. The summed E-state index contributed by atoms with van der Waals surface area (Å²) in [5.41, 5.74) is 1.21. The molecule has 26 heavy (non-hydrogen) atoms. The third-order valence-electron chi connectivity index (χ3n) is 3.99. The average Bonchev–Trinajstić information content (AvgIpc) is 2.58. The van der Waals surface area contributed by atoms with E-state index in [1.165, 1.54) is 0 Å². The van der Waals surface area contributed by atoms with E-state index in [0.29, 0.717) is 17.1 Å². The maximum atomic E-state index is 13.0. The summed E-state index contributed by atoms with van der Waals surface area (Å²) < 4.78 is 27.6. The fraction of sp³-hybridized carbons (Fsp3) is 0.316. The summed E-state index contributed by atoms with van der Waals surface area (Å²) in [6, 6.07) is 13.6. The van der Waals surface area contributed by atoms with E-state index in [4.69, 9.17) is 15.8 Å². The van der Waals surface area contributed by atoms with E-state index < -0.39 is 10.1 Å². The van der Waals surface area contributed by atoms with Gasteiger partial charge in [0, 0.05) is 12.6 Å². The largest absolute Gasteiger partial charge is 0.383 e. The van der Waals surface area contributed by atoms with Crippen LogP contribution in [0.1, 0.15) is 36.2 Å². The minimum Gasteiger partial charge on any atom is -0.383 e. The zero-order chi connectivity index (χ0) is 19.3. The maximum absolute atomic E-state index is 13.0. The number of benzene rings is 2. The van der Waals surface area contributed by atoms with Crippen LogP contribution in [0.3, 0.4) is 0 Å². The van der Waals surface area contributed by atoms with Crippen LogP contribution in [0.25, 0.3) is 0 Å². The highest BCUT2D eigenvalue weighted by Gasteiger charge is 2.22. The minimum atomic E-state index is -3.61. The van der Waals surface area contributed by atoms with E-state index in [-0.39, 0.29) is 17.7 Å². The molecule has 1 atom stereocenters. The van der Waals surface area contributed by atoms with Crippen molar-refractivity contribution in [3.05, 3.63) is 64.7 Å². The standard InChI is InChI=1S/C19H22ClNO4S/c1-4-14(2)21(19(22)17-10-5-6-11-18(17)20)13-15-8-7-9-16(12-15)25-26(3,23)24/h5-12,14H,4,13H2,1-3H3. The van der Waals surface area contributed by atoms with Crippen LogP contribution >= 0.6 is 11.6 Å². The molecule has 1 amide bonds. The van der Waals surface area contributed by atoms with Gasteiger partial charge in [0.2, 0.25) is 0 Å². The minimum absolute atomic E-state index is 0.0155. The number of hydrogen-bond acceptors (Lipinski definition) is 4. The lowest BCUT2D eigenvalue weighted by atomic mass is 10.1. The molecule has 2 aromatic rings. The number of rotatable bonds is 7. The summed E-state index contributed by atoms with van der Waals surface area (Å²) in [6.07, 6.45) is 1.77. The van der Waals surface area contributed by atoms with Crippen molar-refractivity contribution in [1.29, 1.82) is 0 Å². The van der Waals surface area contributed by atoms with Crippen molar-refractivity contribution in [2.75, 3.05) is 6.26 Å². The van der Waals surface area contributed by atoms with Crippen LogP contribution in [-0.4, -0.2) is 31.5 Å². The first kappa shape index (κ1) is 20.3. The van der Waals surface area contributed by atoms with E-state index in [0.717, 1.165) is 18.2 Å². The number of amides is 1. The predicted octanol–water partition coefficient (Wildman–Crippen LogP) is 4.12. The van der Waals surface area contributed by atoms with Gasteiger partial charge in [0.05, 0.1) is 16.8 Å². The lowest BCUT2D eigenvalue weighted by molar-refractivity contribution is 0.0671. The fourth-order valence-corrected chi connectivity index (χ4v) is 3.17. The Labute approximate surface area is 159 Å². The van der Waals surface area contributed by atoms with Gasteiger partial charge in [-0.25, -0.2) is 0 Å². The molecule has 0 aliphatic heterocycles. The highest BCUT2D eigenvalue weighted by atomic mass is 35.5. The van der Waals surface area contributed by atoms with E-state index in [2.05, 4.69) is 0 Å². The van der Waals surface area contributed by atoms with Crippen molar-refractivity contribution in [2.45, 2.75) is 32.9 Å². The SMILES string of the molecule is CCC(C)N(Cc1cccc(OS(C)(=O)=O)c1)C(=O)c1ccccc1Cl. The Morgan fingerprint density at radius 2 is 1.88 bits per heavy atom. The number of hydrogen-bond donors (Lipinski definition) is 0. The summed E-state index contributed by atoms with van der Waals surface area (Å²) in [4.78, 5) is 14.7. The number of carbonyl (C=O) groups excluding carboxylic acids is 1. The van der Waals surface area contributed by atoms with Crippen LogP contribution in [0.15, 0.2) is 48.5 Å². The Morgan fingerprint density at radius 3 is 2.50 bits per heavy atom. The van der Waals surface area contributed by atoms with E-state index in [1.807, 2.05) is 19.9 Å². The lowest BCUT2D eigenvalue weighted by Gasteiger charge is -2.29. The van der Waals surface area contributed by atoms with Gasteiger partial charge in [-0.2, -0.15) is 8.42 Å². The molecule has 5 nitrogen and oxygen atoms in total. The predicted molar refractivity (Wildman–Crippen MR) is 103 cm³/mol. The molecule has 2 aromatic carbocycles. The maximum Gasteiger partial charge on any atom is 0.306 e. The van der Waals surface area contributed by atoms with Crippen molar-refractivity contribution < 1.29 is 17.4 Å². The van der Waals surface area contributed by atoms with Gasteiger partial charge in [-0.05, 0) is 43.2 Å². The summed E-state index contributed by atoms with van der Waals surface area (Å²) in [5.74, 6) is 0.0543. The molecule has 0 aliphatic rings. The van der Waals surface area contributed by atoms with Gasteiger partial charge in [-0.1, -0.05) is 42.8 Å². The number of nitrogens with zero attached hydrogens (tertiary/aromatic N) is 1. The monoisotopic (exact) mass is 395 g/mol. The molecular formula is C19H22ClNO4S. The second-order valence-corrected chi connectivity index (χ2v) is 8.09. The second kappa shape index (κ2) is 8.56. The molecule has 0 N–H and O–H groups in total. The van der Waals surface area contributed by atoms with Crippen molar-refractivity contribution in [3.8, 4) is 5.75 Å². The molecule has 0 aromatic heterocycles. The van der Waals surface area contributed by atoms with Crippen molar-refractivity contribution in [3.63, 3.8) is 0 Å². The molecule has 0 radical (unpaired) electrons. The molecule has 1 unspecified atom stereocenters. The van der Waals surface area contributed by atoms with Gasteiger partial charge in [-0.15, -0.1) is 0 Å². The Bertz CT molecular complexity index is 883. The zero-order valence-corrected chi connectivity index (χ0v) is 16.5. The summed E-state index contributed by atoms with van der Waals surface area (Å²) in [5, 5.41) is 0.403. The normalized spacial score (nSPS) is 12.5. The third kappa shape index (κ3) is 5.47. The van der Waals surface area contributed by atoms with Crippen LogP contribution < -0.4 is 4.18 Å².